The first-order valence-corrected chi connectivity index (χ1v) is 6.44. The van der Waals surface area contributed by atoms with Crippen LogP contribution in [0.1, 0.15) is 0 Å². The normalized spacial score (nSPS) is 11.4. The highest BCUT2D eigenvalue weighted by Crippen LogP contribution is 2.26. The van der Waals surface area contributed by atoms with Crippen LogP contribution in [0.25, 0.3) is 32.7 Å². The van der Waals surface area contributed by atoms with E-state index in [2.05, 4.69) is 29.2 Å². The van der Waals surface area contributed by atoms with Crippen LogP contribution in [-0.2, 0) is 0 Å². The number of benzene rings is 2. The standard InChI is InChI=1S/C16H9ClN2/c17-14-8-7-10-5-6-12-9-11-3-1-2-4-13(11)18-16(12)15(10)19-14/h1-9H. The van der Waals surface area contributed by atoms with Gasteiger partial charge in [-0.05, 0) is 24.3 Å². The highest BCUT2D eigenvalue weighted by atomic mass is 35.5. The molecule has 3 heteroatoms. The number of fused-ring (bicyclic) bond motifs is 4. The van der Waals surface area contributed by atoms with Crippen LogP contribution < -0.4 is 0 Å². The zero-order valence-electron chi connectivity index (χ0n) is 9.97. The van der Waals surface area contributed by atoms with Crippen molar-refractivity contribution in [2.75, 3.05) is 0 Å². The smallest absolute Gasteiger partial charge is 0.129 e. The van der Waals surface area contributed by atoms with Gasteiger partial charge in [-0.3, -0.25) is 0 Å². The van der Waals surface area contributed by atoms with E-state index in [1.54, 1.807) is 6.07 Å². The molecule has 0 spiro atoms. The molecule has 2 heterocycles. The molecule has 0 radical (unpaired) electrons. The molecule has 0 unspecified atom stereocenters. The minimum absolute atomic E-state index is 0.495. The molecule has 0 fully saturated rings. The van der Waals surface area contributed by atoms with Crippen molar-refractivity contribution in [2.24, 2.45) is 0 Å². The van der Waals surface area contributed by atoms with Crippen LogP contribution in [0.2, 0.25) is 5.15 Å². The average molecular weight is 265 g/mol. The Morgan fingerprint density at radius 2 is 1.42 bits per heavy atom. The number of hydrogen-bond donors (Lipinski definition) is 0. The van der Waals surface area contributed by atoms with Crippen molar-refractivity contribution < 1.29 is 0 Å². The Morgan fingerprint density at radius 1 is 0.684 bits per heavy atom. The quantitative estimate of drug-likeness (QED) is 0.264. The van der Waals surface area contributed by atoms with Gasteiger partial charge in [0.05, 0.1) is 16.6 Å². The number of aromatic nitrogens is 2. The zero-order chi connectivity index (χ0) is 12.8. The van der Waals surface area contributed by atoms with Crippen molar-refractivity contribution in [3.8, 4) is 0 Å². The van der Waals surface area contributed by atoms with Crippen LogP contribution in [0.15, 0.2) is 54.6 Å². The third kappa shape index (κ3) is 1.65. The third-order valence-electron chi connectivity index (χ3n) is 3.31. The number of para-hydroxylation sites is 1. The van der Waals surface area contributed by atoms with Crippen LogP contribution in [-0.4, -0.2) is 9.97 Å². The minimum atomic E-state index is 0.495. The van der Waals surface area contributed by atoms with Crippen molar-refractivity contribution >= 4 is 44.3 Å². The van der Waals surface area contributed by atoms with Gasteiger partial charge in [0.15, 0.2) is 0 Å². The summed E-state index contributed by atoms with van der Waals surface area (Å²) in [6.45, 7) is 0. The lowest BCUT2D eigenvalue weighted by Crippen LogP contribution is -1.87. The molecule has 0 aliphatic rings. The molecule has 0 saturated carbocycles. The van der Waals surface area contributed by atoms with E-state index in [0.29, 0.717) is 5.15 Å². The molecular weight excluding hydrogens is 256 g/mol. The average Bonchev–Trinajstić information content (AvgIpc) is 2.45. The summed E-state index contributed by atoms with van der Waals surface area (Å²) in [5.74, 6) is 0. The van der Waals surface area contributed by atoms with Crippen LogP contribution in [0, 0.1) is 0 Å². The van der Waals surface area contributed by atoms with Crippen LogP contribution in [0.4, 0.5) is 0 Å². The number of halogens is 1. The molecule has 0 saturated heterocycles. The lowest BCUT2D eigenvalue weighted by molar-refractivity contribution is 1.40. The van der Waals surface area contributed by atoms with Crippen molar-refractivity contribution in [3.05, 3.63) is 59.8 Å². The fraction of sp³-hybridized carbons (Fsp3) is 0. The molecule has 2 aromatic heterocycles. The van der Waals surface area contributed by atoms with E-state index in [4.69, 9.17) is 16.6 Å². The molecule has 19 heavy (non-hydrogen) atoms. The van der Waals surface area contributed by atoms with Crippen molar-refractivity contribution in [2.45, 2.75) is 0 Å². The zero-order valence-corrected chi connectivity index (χ0v) is 10.7. The topological polar surface area (TPSA) is 25.8 Å². The van der Waals surface area contributed by atoms with E-state index in [1.807, 2.05) is 24.3 Å². The second-order valence-corrected chi connectivity index (χ2v) is 4.91. The van der Waals surface area contributed by atoms with Crippen LogP contribution in [0.3, 0.4) is 0 Å². The van der Waals surface area contributed by atoms with Crippen molar-refractivity contribution in [3.63, 3.8) is 0 Å². The maximum absolute atomic E-state index is 6.00. The lowest BCUT2D eigenvalue weighted by atomic mass is 10.1. The van der Waals surface area contributed by atoms with Crippen molar-refractivity contribution in [1.29, 1.82) is 0 Å². The molecular formula is C16H9ClN2. The Bertz CT molecular complexity index is 931. The summed E-state index contributed by atoms with van der Waals surface area (Å²) in [4.78, 5) is 9.14. The molecule has 0 atom stereocenters. The Morgan fingerprint density at radius 3 is 2.37 bits per heavy atom. The fourth-order valence-corrected chi connectivity index (χ4v) is 2.55. The summed E-state index contributed by atoms with van der Waals surface area (Å²) in [6, 6.07) is 18.1. The first-order valence-electron chi connectivity index (χ1n) is 6.06. The Hall–Kier alpha value is -2.19. The van der Waals surface area contributed by atoms with Crippen LogP contribution >= 0.6 is 11.6 Å². The predicted molar refractivity (Wildman–Crippen MR) is 79.6 cm³/mol. The first kappa shape index (κ1) is 10.7. The van der Waals surface area contributed by atoms with Gasteiger partial charge in [-0.25, -0.2) is 9.97 Å². The Labute approximate surface area is 114 Å². The van der Waals surface area contributed by atoms with E-state index in [0.717, 1.165) is 32.7 Å². The maximum Gasteiger partial charge on any atom is 0.129 e. The largest absolute Gasteiger partial charge is 0.245 e. The van der Waals surface area contributed by atoms with Gasteiger partial charge in [-0.2, -0.15) is 0 Å². The molecule has 90 valence electrons. The molecule has 4 aromatic rings. The summed E-state index contributed by atoms with van der Waals surface area (Å²) < 4.78 is 0. The fourth-order valence-electron chi connectivity index (χ4n) is 2.40. The van der Waals surface area contributed by atoms with Gasteiger partial charge in [0.25, 0.3) is 0 Å². The predicted octanol–water partition coefficient (Wildman–Crippen LogP) is 4.59. The number of hydrogen-bond acceptors (Lipinski definition) is 2. The minimum Gasteiger partial charge on any atom is -0.245 e. The first-order chi connectivity index (χ1) is 9.31. The molecule has 4 rings (SSSR count). The van der Waals surface area contributed by atoms with Gasteiger partial charge >= 0.3 is 0 Å². The monoisotopic (exact) mass is 264 g/mol. The second-order valence-electron chi connectivity index (χ2n) is 4.52. The van der Waals surface area contributed by atoms with E-state index < -0.39 is 0 Å². The molecule has 0 bridgehead atoms. The number of nitrogens with zero attached hydrogens (tertiary/aromatic N) is 2. The molecule has 2 aromatic carbocycles. The Kier molecular flexibility index (Phi) is 2.20. The van der Waals surface area contributed by atoms with Gasteiger partial charge in [0, 0.05) is 16.2 Å². The summed E-state index contributed by atoms with van der Waals surface area (Å²) in [6.07, 6.45) is 0. The maximum atomic E-state index is 6.00. The molecule has 0 aliphatic carbocycles. The summed E-state index contributed by atoms with van der Waals surface area (Å²) in [5, 5.41) is 3.77. The highest BCUT2D eigenvalue weighted by Gasteiger charge is 2.05. The van der Waals surface area contributed by atoms with E-state index in [9.17, 15) is 0 Å². The summed E-state index contributed by atoms with van der Waals surface area (Å²) in [7, 11) is 0. The Balaban J connectivity index is 2.25. The third-order valence-corrected chi connectivity index (χ3v) is 3.52. The molecule has 0 N–H and O–H groups in total. The van der Waals surface area contributed by atoms with Gasteiger partial charge < -0.3 is 0 Å². The second kappa shape index (κ2) is 3.90. The van der Waals surface area contributed by atoms with E-state index in [1.165, 1.54) is 0 Å². The lowest BCUT2D eigenvalue weighted by Gasteiger charge is -2.05. The number of rotatable bonds is 0. The van der Waals surface area contributed by atoms with E-state index >= 15 is 0 Å². The summed E-state index contributed by atoms with van der Waals surface area (Å²) >= 11 is 6.00. The van der Waals surface area contributed by atoms with Crippen molar-refractivity contribution in [1.82, 2.24) is 9.97 Å². The van der Waals surface area contributed by atoms with Gasteiger partial charge in [-0.15, -0.1) is 0 Å². The molecule has 2 nitrogen and oxygen atoms in total. The SMILES string of the molecule is Clc1ccc2ccc3cc4ccccc4nc3c2n1. The molecule has 0 aliphatic heterocycles. The summed E-state index contributed by atoms with van der Waals surface area (Å²) in [5.41, 5.74) is 2.73. The van der Waals surface area contributed by atoms with Gasteiger partial charge in [-0.1, -0.05) is 41.9 Å². The van der Waals surface area contributed by atoms with Gasteiger partial charge in [0.2, 0.25) is 0 Å². The van der Waals surface area contributed by atoms with Crippen LogP contribution in [0.5, 0.6) is 0 Å². The number of pyridine rings is 2. The molecule has 0 amide bonds. The van der Waals surface area contributed by atoms with Gasteiger partial charge in [0.1, 0.15) is 5.15 Å². The highest BCUT2D eigenvalue weighted by molar-refractivity contribution is 6.30. The van der Waals surface area contributed by atoms with E-state index in [-0.39, 0.29) is 0 Å².